The highest BCUT2D eigenvalue weighted by Crippen LogP contribution is 2.45. The number of sulfonamides is 1. The fraction of sp³-hybridized carbons (Fsp3) is 0.458. The third kappa shape index (κ3) is 6.07. The van der Waals surface area contributed by atoms with Gasteiger partial charge in [0.25, 0.3) is 5.91 Å². The van der Waals surface area contributed by atoms with E-state index in [1.807, 2.05) is 10.8 Å². The zero-order valence-corrected chi connectivity index (χ0v) is 19.0. The van der Waals surface area contributed by atoms with Crippen molar-refractivity contribution in [2.24, 2.45) is 5.92 Å². The first kappa shape index (κ1) is 22.7. The van der Waals surface area contributed by atoms with Gasteiger partial charge in [-0.2, -0.15) is 0 Å². The minimum atomic E-state index is -3.77. The molecule has 4 rings (SSSR count). The van der Waals surface area contributed by atoms with Gasteiger partial charge in [-0.25, -0.2) is 17.5 Å². The summed E-state index contributed by atoms with van der Waals surface area (Å²) in [5.41, 5.74) is 1.83. The normalized spacial score (nSPS) is 17.8. The first-order valence-corrected chi connectivity index (χ1v) is 12.9. The number of likely N-dealkylation sites (tertiary alicyclic amines) is 1. The molecule has 0 bridgehead atoms. The summed E-state index contributed by atoms with van der Waals surface area (Å²) in [6, 6.07) is 13.1. The summed E-state index contributed by atoms with van der Waals surface area (Å²) < 4.78 is 45.2. The molecule has 2 aromatic rings. The van der Waals surface area contributed by atoms with Gasteiger partial charge in [-0.1, -0.05) is 30.3 Å². The topological polar surface area (TPSA) is 75.7 Å². The molecule has 2 aliphatic rings. The van der Waals surface area contributed by atoms with E-state index in [0.717, 1.165) is 57.1 Å². The second-order valence-corrected chi connectivity index (χ2v) is 10.6. The Bertz CT molecular complexity index is 1060. The van der Waals surface area contributed by atoms with Crippen molar-refractivity contribution in [3.63, 3.8) is 0 Å². The maximum absolute atomic E-state index is 14.6. The summed E-state index contributed by atoms with van der Waals surface area (Å²) in [6.07, 6.45) is 4.80. The van der Waals surface area contributed by atoms with Crippen LogP contribution >= 0.6 is 0 Å². The summed E-state index contributed by atoms with van der Waals surface area (Å²) in [4.78, 5) is 14.6. The zero-order chi connectivity index (χ0) is 22.7. The Hall–Kier alpha value is -2.45. The van der Waals surface area contributed by atoms with Gasteiger partial charge in [0.05, 0.1) is 18.4 Å². The molecule has 0 atom stereocenters. The zero-order valence-electron chi connectivity index (χ0n) is 18.2. The van der Waals surface area contributed by atoms with Crippen molar-refractivity contribution < 1.29 is 22.3 Å². The molecule has 1 saturated carbocycles. The van der Waals surface area contributed by atoms with Crippen LogP contribution in [0, 0.1) is 11.7 Å². The first-order chi connectivity index (χ1) is 15.3. The van der Waals surface area contributed by atoms with E-state index < -0.39 is 21.7 Å². The van der Waals surface area contributed by atoms with Crippen molar-refractivity contribution in [3.8, 4) is 5.75 Å². The SMILES string of the molecule is CS(=O)(=O)NC(=O)c1cc(C2CC2)c(OCC2CCN(Cc3ccccc3)CC2)cc1F. The van der Waals surface area contributed by atoms with E-state index in [1.165, 1.54) is 17.7 Å². The number of benzene rings is 2. The van der Waals surface area contributed by atoms with E-state index in [4.69, 9.17) is 4.74 Å². The molecular weight excluding hydrogens is 431 g/mol. The first-order valence-electron chi connectivity index (χ1n) is 11.0. The number of hydrogen-bond acceptors (Lipinski definition) is 5. The number of rotatable bonds is 8. The molecule has 0 unspecified atom stereocenters. The van der Waals surface area contributed by atoms with Crippen LogP contribution in [-0.2, 0) is 16.6 Å². The lowest BCUT2D eigenvalue weighted by atomic mass is 9.97. The maximum Gasteiger partial charge on any atom is 0.267 e. The van der Waals surface area contributed by atoms with E-state index in [1.54, 1.807) is 0 Å². The predicted octanol–water partition coefficient (Wildman–Crippen LogP) is 3.68. The molecule has 8 heteroatoms. The summed E-state index contributed by atoms with van der Waals surface area (Å²) in [7, 11) is -3.77. The fourth-order valence-electron chi connectivity index (χ4n) is 4.17. The average Bonchev–Trinajstić information content (AvgIpc) is 3.58. The standard InChI is InChI=1S/C24H29FN2O4S/c1-32(29,30)26-24(28)21-13-20(19-7-8-19)23(14-22(21)25)31-16-18-9-11-27(12-10-18)15-17-5-3-2-4-6-17/h2-6,13-14,18-19H,7-12,15-16H2,1H3,(H,26,28). The number of carbonyl (C=O) groups excluding carboxylic acids is 1. The monoisotopic (exact) mass is 460 g/mol. The molecule has 1 amide bonds. The van der Waals surface area contributed by atoms with Crippen molar-refractivity contribution in [1.82, 2.24) is 9.62 Å². The second-order valence-electron chi connectivity index (χ2n) is 8.86. The lowest BCUT2D eigenvalue weighted by Gasteiger charge is -2.32. The number of nitrogens with zero attached hydrogens (tertiary/aromatic N) is 1. The summed E-state index contributed by atoms with van der Waals surface area (Å²) in [5.74, 6) is -0.645. The van der Waals surface area contributed by atoms with Crippen LogP contribution in [0.2, 0.25) is 0 Å². The van der Waals surface area contributed by atoms with Crippen molar-refractivity contribution in [2.75, 3.05) is 26.0 Å². The van der Waals surface area contributed by atoms with Gasteiger partial charge >= 0.3 is 0 Å². The number of carbonyl (C=O) groups is 1. The van der Waals surface area contributed by atoms with Crippen molar-refractivity contribution >= 4 is 15.9 Å². The molecule has 6 nitrogen and oxygen atoms in total. The molecule has 1 N–H and O–H groups in total. The Labute approximate surface area is 188 Å². The molecule has 32 heavy (non-hydrogen) atoms. The number of piperidine rings is 1. The van der Waals surface area contributed by atoms with E-state index in [9.17, 15) is 17.6 Å². The molecule has 0 radical (unpaired) electrons. The van der Waals surface area contributed by atoms with Gasteiger partial charge in [0, 0.05) is 12.6 Å². The van der Waals surface area contributed by atoms with Crippen LogP contribution in [0.5, 0.6) is 5.75 Å². The van der Waals surface area contributed by atoms with Gasteiger partial charge in [-0.05, 0) is 67.8 Å². The molecule has 2 fully saturated rings. The maximum atomic E-state index is 14.6. The van der Waals surface area contributed by atoms with Crippen LogP contribution < -0.4 is 9.46 Å². The van der Waals surface area contributed by atoms with Gasteiger partial charge < -0.3 is 4.74 Å². The Balaban J connectivity index is 1.36. The molecule has 1 aliphatic carbocycles. The van der Waals surface area contributed by atoms with Gasteiger partial charge in [0.15, 0.2) is 0 Å². The summed E-state index contributed by atoms with van der Waals surface area (Å²) in [6.45, 7) is 3.45. The van der Waals surface area contributed by atoms with Crippen LogP contribution in [0.15, 0.2) is 42.5 Å². The highest BCUT2D eigenvalue weighted by atomic mass is 32.2. The Morgan fingerprint density at radius 3 is 2.44 bits per heavy atom. The van der Waals surface area contributed by atoms with Gasteiger partial charge in [-0.15, -0.1) is 0 Å². The highest BCUT2D eigenvalue weighted by Gasteiger charge is 2.30. The van der Waals surface area contributed by atoms with Crippen molar-refractivity contribution in [3.05, 3.63) is 65.0 Å². The summed E-state index contributed by atoms with van der Waals surface area (Å²) in [5, 5.41) is 0. The summed E-state index contributed by atoms with van der Waals surface area (Å²) >= 11 is 0. The number of amides is 1. The molecule has 1 heterocycles. The highest BCUT2D eigenvalue weighted by molar-refractivity contribution is 7.89. The second kappa shape index (κ2) is 9.58. The van der Waals surface area contributed by atoms with E-state index >= 15 is 0 Å². The molecule has 0 spiro atoms. The van der Waals surface area contributed by atoms with Crippen LogP contribution in [0.4, 0.5) is 4.39 Å². The van der Waals surface area contributed by atoms with Gasteiger partial charge in [-0.3, -0.25) is 9.69 Å². The molecule has 2 aromatic carbocycles. The minimum absolute atomic E-state index is 0.225. The molecule has 0 aromatic heterocycles. The third-order valence-electron chi connectivity index (χ3n) is 6.07. The molecule has 1 saturated heterocycles. The van der Waals surface area contributed by atoms with Crippen LogP contribution in [0.25, 0.3) is 0 Å². The third-order valence-corrected chi connectivity index (χ3v) is 6.63. The van der Waals surface area contributed by atoms with Crippen molar-refractivity contribution in [2.45, 2.75) is 38.1 Å². The van der Waals surface area contributed by atoms with Crippen LogP contribution in [-0.4, -0.2) is 45.2 Å². The largest absolute Gasteiger partial charge is 0.493 e. The number of hydrogen-bond donors (Lipinski definition) is 1. The van der Waals surface area contributed by atoms with Crippen LogP contribution in [0.1, 0.15) is 53.1 Å². The lowest BCUT2D eigenvalue weighted by Crippen LogP contribution is -2.35. The lowest BCUT2D eigenvalue weighted by molar-refractivity contribution is 0.0977. The molecular formula is C24H29FN2O4S. The van der Waals surface area contributed by atoms with Gasteiger partial charge in [0.1, 0.15) is 11.6 Å². The van der Waals surface area contributed by atoms with E-state index in [-0.39, 0.29) is 11.5 Å². The Kier molecular flexibility index (Phi) is 6.81. The average molecular weight is 461 g/mol. The molecule has 1 aliphatic heterocycles. The fourth-order valence-corrected chi connectivity index (χ4v) is 4.61. The quantitative estimate of drug-likeness (QED) is 0.650. The van der Waals surface area contributed by atoms with Crippen molar-refractivity contribution in [1.29, 1.82) is 0 Å². The minimum Gasteiger partial charge on any atom is -0.493 e. The van der Waals surface area contributed by atoms with E-state index in [2.05, 4.69) is 29.2 Å². The molecule has 172 valence electrons. The number of ether oxygens (including phenoxy) is 1. The number of halogens is 1. The van der Waals surface area contributed by atoms with E-state index in [0.29, 0.717) is 18.3 Å². The Morgan fingerprint density at radius 2 is 1.81 bits per heavy atom. The predicted molar refractivity (Wildman–Crippen MR) is 121 cm³/mol. The van der Waals surface area contributed by atoms with Crippen LogP contribution in [0.3, 0.4) is 0 Å². The Morgan fingerprint density at radius 1 is 1.12 bits per heavy atom. The number of nitrogens with one attached hydrogen (secondary N) is 1. The van der Waals surface area contributed by atoms with Gasteiger partial charge in [0.2, 0.25) is 10.0 Å². The smallest absolute Gasteiger partial charge is 0.267 e.